The van der Waals surface area contributed by atoms with Gasteiger partial charge in [0.25, 0.3) is 0 Å². The molecule has 26 heavy (non-hydrogen) atoms. The number of nitriles is 1. The van der Waals surface area contributed by atoms with Gasteiger partial charge in [-0.05, 0) is 29.8 Å². The van der Waals surface area contributed by atoms with Crippen LogP contribution in [-0.2, 0) is 4.79 Å². The molecule has 0 aromatic heterocycles. The van der Waals surface area contributed by atoms with Crippen molar-refractivity contribution >= 4 is 23.4 Å². The molecule has 0 unspecified atom stereocenters. The van der Waals surface area contributed by atoms with E-state index in [0.29, 0.717) is 18.1 Å². The minimum absolute atomic E-state index is 0.0125. The summed E-state index contributed by atoms with van der Waals surface area (Å²) in [7, 11) is 0. The number of allylic oxidation sites excluding steroid dienone is 1. The molecule has 2 aliphatic rings. The highest BCUT2D eigenvalue weighted by Crippen LogP contribution is 2.43. The number of hydrogen-bond acceptors (Lipinski definition) is 4. The number of carbonyl (C=O) groups is 1. The molecule has 0 aliphatic carbocycles. The van der Waals surface area contributed by atoms with Crippen LogP contribution in [0.4, 0.5) is 10.1 Å². The average Bonchev–Trinajstić information content (AvgIpc) is 2.69. The Hall–Kier alpha value is -2.78. The van der Waals surface area contributed by atoms with Crippen LogP contribution in [0, 0.1) is 17.1 Å². The van der Waals surface area contributed by atoms with Crippen LogP contribution in [0.2, 0.25) is 0 Å². The topological polar surface area (TPSA) is 47.3 Å². The first-order valence-corrected chi connectivity index (χ1v) is 9.29. The third-order valence-corrected chi connectivity index (χ3v) is 5.84. The lowest BCUT2D eigenvalue weighted by Crippen LogP contribution is -2.47. The summed E-state index contributed by atoms with van der Waals surface area (Å²) in [6.07, 6.45) is 0.223. The quantitative estimate of drug-likeness (QED) is 0.806. The smallest absolute Gasteiger partial charge is 0.229 e. The van der Waals surface area contributed by atoms with Gasteiger partial charge in [-0.1, -0.05) is 42.1 Å². The maximum Gasteiger partial charge on any atom is 0.229 e. The molecule has 1 fully saturated rings. The molecule has 1 amide bonds. The van der Waals surface area contributed by atoms with E-state index in [1.807, 2.05) is 30.3 Å². The Bertz CT molecular complexity index is 905. The number of anilines is 1. The normalized spacial score (nSPS) is 20.0. The summed E-state index contributed by atoms with van der Waals surface area (Å²) in [6.45, 7) is 0.437. The molecule has 6 heteroatoms. The standard InChI is InChI=1S/C20H16FN3OS/c21-15-8-6-14(7-9-15)17-10-19(25)24-12-23(16-4-2-1-3-5-16)13-26-20(24)18(17)11-22/h1-9,17H,10,12-13H2/t17-/m1/s1. The van der Waals surface area contributed by atoms with E-state index in [1.54, 1.807) is 17.0 Å². The molecular weight excluding hydrogens is 349 g/mol. The van der Waals surface area contributed by atoms with E-state index < -0.39 is 0 Å². The first kappa shape index (κ1) is 16.7. The van der Waals surface area contributed by atoms with E-state index in [-0.39, 0.29) is 24.1 Å². The van der Waals surface area contributed by atoms with Crippen molar-refractivity contribution in [2.24, 2.45) is 0 Å². The number of para-hydroxylation sites is 1. The van der Waals surface area contributed by atoms with Gasteiger partial charge in [0.15, 0.2) is 0 Å². The van der Waals surface area contributed by atoms with Crippen molar-refractivity contribution < 1.29 is 9.18 Å². The zero-order valence-electron chi connectivity index (χ0n) is 13.9. The molecule has 0 N–H and O–H groups in total. The molecule has 130 valence electrons. The average molecular weight is 365 g/mol. The molecule has 4 rings (SSSR count). The number of nitrogens with zero attached hydrogens (tertiary/aromatic N) is 3. The van der Waals surface area contributed by atoms with Gasteiger partial charge in [0.05, 0.1) is 29.2 Å². The fourth-order valence-electron chi connectivity index (χ4n) is 3.34. The number of thioether (sulfide) groups is 1. The second-order valence-corrected chi connectivity index (χ2v) is 7.18. The van der Waals surface area contributed by atoms with E-state index in [0.717, 1.165) is 16.3 Å². The minimum Gasteiger partial charge on any atom is -0.344 e. The summed E-state index contributed by atoms with van der Waals surface area (Å²) in [5, 5.41) is 10.5. The van der Waals surface area contributed by atoms with E-state index in [2.05, 4.69) is 11.0 Å². The van der Waals surface area contributed by atoms with Crippen LogP contribution >= 0.6 is 11.8 Å². The minimum atomic E-state index is -0.325. The van der Waals surface area contributed by atoms with Gasteiger partial charge < -0.3 is 4.90 Å². The molecule has 0 radical (unpaired) electrons. The predicted octanol–water partition coefficient (Wildman–Crippen LogP) is 4.05. The van der Waals surface area contributed by atoms with Crippen molar-refractivity contribution in [3.8, 4) is 6.07 Å². The Morgan fingerprint density at radius 3 is 2.54 bits per heavy atom. The SMILES string of the molecule is N#CC1=C2SCN(c3ccccc3)CN2C(=O)C[C@@H]1c1ccc(F)cc1. The zero-order valence-corrected chi connectivity index (χ0v) is 14.7. The van der Waals surface area contributed by atoms with Gasteiger partial charge in [-0.15, -0.1) is 0 Å². The van der Waals surface area contributed by atoms with E-state index in [9.17, 15) is 14.4 Å². The summed E-state index contributed by atoms with van der Waals surface area (Å²) >= 11 is 1.50. The lowest BCUT2D eigenvalue weighted by atomic mass is 9.86. The Kier molecular flexibility index (Phi) is 4.39. The lowest BCUT2D eigenvalue weighted by molar-refractivity contribution is -0.129. The number of amides is 1. The van der Waals surface area contributed by atoms with Gasteiger partial charge in [0.1, 0.15) is 5.82 Å². The van der Waals surface area contributed by atoms with Crippen LogP contribution in [0.25, 0.3) is 0 Å². The summed E-state index contributed by atoms with van der Waals surface area (Å²) in [5.41, 5.74) is 2.44. The van der Waals surface area contributed by atoms with E-state index >= 15 is 0 Å². The molecular formula is C20H16FN3OS. The van der Waals surface area contributed by atoms with Gasteiger partial charge in [-0.2, -0.15) is 5.26 Å². The largest absolute Gasteiger partial charge is 0.344 e. The van der Waals surface area contributed by atoms with Gasteiger partial charge in [0.2, 0.25) is 5.91 Å². The zero-order chi connectivity index (χ0) is 18.1. The molecule has 0 spiro atoms. The lowest BCUT2D eigenvalue weighted by Gasteiger charge is -2.42. The van der Waals surface area contributed by atoms with Crippen molar-refractivity contribution in [2.45, 2.75) is 12.3 Å². The van der Waals surface area contributed by atoms with Crippen molar-refractivity contribution in [2.75, 3.05) is 17.4 Å². The van der Waals surface area contributed by atoms with Gasteiger partial charge in [0, 0.05) is 18.0 Å². The van der Waals surface area contributed by atoms with Gasteiger partial charge >= 0.3 is 0 Å². The molecule has 0 bridgehead atoms. The third kappa shape index (κ3) is 2.95. The van der Waals surface area contributed by atoms with Crippen LogP contribution in [0.15, 0.2) is 65.2 Å². The Morgan fingerprint density at radius 2 is 1.85 bits per heavy atom. The highest BCUT2D eigenvalue weighted by Gasteiger charge is 2.38. The second kappa shape index (κ2) is 6.85. The summed E-state index contributed by atoms with van der Waals surface area (Å²) in [6, 6.07) is 18.3. The summed E-state index contributed by atoms with van der Waals surface area (Å²) < 4.78 is 13.2. The predicted molar refractivity (Wildman–Crippen MR) is 99.5 cm³/mol. The molecule has 1 saturated heterocycles. The number of halogens is 1. The number of fused-ring (bicyclic) bond motifs is 1. The fraction of sp³-hybridized carbons (Fsp3) is 0.200. The Labute approximate surface area is 155 Å². The first-order chi connectivity index (χ1) is 12.7. The van der Waals surface area contributed by atoms with Crippen molar-refractivity contribution in [3.05, 3.63) is 76.6 Å². The molecule has 0 saturated carbocycles. The van der Waals surface area contributed by atoms with E-state index in [1.165, 1.54) is 23.9 Å². The number of benzene rings is 2. The van der Waals surface area contributed by atoms with E-state index in [4.69, 9.17) is 0 Å². The van der Waals surface area contributed by atoms with Crippen LogP contribution in [0.5, 0.6) is 0 Å². The maximum absolute atomic E-state index is 13.2. The highest BCUT2D eigenvalue weighted by atomic mass is 32.2. The fourth-order valence-corrected chi connectivity index (χ4v) is 4.51. The molecule has 2 aliphatic heterocycles. The van der Waals surface area contributed by atoms with Crippen molar-refractivity contribution in [1.82, 2.24) is 4.90 Å². The molecule has 4 nitrogen and oxygen atoms in total. The second-order valence-electron chi connectivity index (χ2n) is 6.25. The molecule has 1 atom stereocenters. The number of rotatable bonds is 2. The molecule has 2 aromatic carbocycles. The summed E-state index contributed by atoms with van der Waals surface area (Å²) in [5.74, 6) is 0.0237. The monoisotopic (exact) mass is 365 g/mol. The first-order valence-electron chi connectivity index (χ1n) is 8.30. The maximum atomic E-state index is 13.2. The number of carbonyl (C=O) groups excluding carboxylic acids is 1. The van der Waals surface area contributed by atoms with Crippen molar-refractivity contribution in [1.29, 1.82) is 5.26 Å². The number of hydrogen-bond donors (Lipinski definition) is 0. The summed E-state index contributed by atoms with van der Waals surface area (Å²) in [4.78, 5) is 16.6. The molecule has 2 heterocycles. The Morgan fingerprint density at radius 1 is 1.12 bits per heavy atom. The Balaban J connectivity index is 1.67. The third-order valence-electron chi connectivity index (χ3n) is 4.69. The van der Waals surface area contributed by atoms with Gasteiger partial charge in [-0.25, -0.2) is 4.39 Å². The van der Waals surface area contributed by atoms with Gasteiger partial charge in [-0.3, -0.25) is 9.69 Å². The van der Waals surface area contributed by atoms with Crippen LogP contribution in [0.3, 0.4) is 0 Å². The van der Waals surface area contributed by atoms with Crippen LogP contribution in [0.1, 0.15) is 17.9 Å². The van der Waals surface area contributed by atoms with Crippen LogP contribution in [-0.4, -0.2) is 23.4 Å². The molecule has 2 aromatic rings. The highest BCUT2D eigenvalue weighted by molar-refractivity contribution is 8.03. The van der Waals surface area contributed by atoms with Crippen LogP contribution < -0.4 is 4.90 Å². The van der Waals surface area contributed by atoms with Crippen molar-refractivity contribution in [3.63, 3.8) is 0 Å².